The molecule has 0 saturated heterocycles. The van der Waals surface area contributed by atoms with Crippen LogP contribution in [0.1, 0.15) is 46.5 Å². The van der Waals surface area contributed by atoms with Crippen LogP contribution in [0.3, 0.4) is 0 Å². The molecule has 0 atom stereocenters. The molecule has 1 aromatic rings. The van der Waals surface area contributed by atoms with Gasteiger partial charge in [0.2, 0.25) is 0 Å². The molecule has 2 rings (SSSR count). The van der Waals surface area contributed by atoms with Gasteiger partial charge in [-0.25, -0.2) is 4.39 Å². The Labute approximate surface area is 127 Å². The van der Waals surface area contributed by atoms with Crippen molar-refractivity contribution in [3.63, 3.8) is 0 Å². The van der Waals surface area contributed by atoms with Crippen LogP contribution in [-0.4, -0.2) is 19.2 Å². The SMILES string of the molecule is CC1CCC(N(C)c2cc(OC(C)C)c(F)cc2N)CC1. The smallest absolute Gasteiger partial charge is 0.167 e. The van der Waals surface area contributed by atoms with Crippen LogP contribution in [0.25, 0.3) is 0 Å². The van der Waals surface area contributed by atoms with Crippen molar-refractivity contribution < 1.29 is 9.13 Å². The maximum absolute atomic E-state index is 13.9. The second-order valence-electron chi connectivity index (χ2n) is 6.53. The summed E-state index contributed by atoms with van der Waals surface area (Å²) in [5.41, 5.74) is 7.36. The largest absolute Gasteiger partial charge is 0.488 e. The van der Waals surface area contributed by atoms with E-state index in [4.69, 9.17) is 10.5 Å². The van der Waals surface area contributed by atoms with Gasteiger partial charge in [-0.2, -0.15) is 0 Å². The summed E-state index contributed by atoms with van der Waals surface area (Å²) in [6.07, 6.45) is 4.75. The number of hydrogen-bond acceptors (Lipinski definition) is 3. The first-order valence-corrected chi connectivity index (χ1v) is 7.87. The highest BCUT2D eigenvalue weighted by atomic mass is 19.1. The normalized spacial score (nSPS) is 22.4. The number of ether oxygens (including phenoxy) is 1. The lowest BCUT2D eigenvalue weighted by Gasteiger charge is -2.35. The van der Waals surface area contributed by atoms with E-state index in [0.717, 1.165) is 24.4 Å². The zero-order chi connectivity index (χ0) is 15.6. The fourth-order valence-corrected chi connectivity index (χ4v) is 3.03. The zero-order valence-corrected chi connectivity index (χ0v) is 13.5. The molecule has 1 aliphatic carbocycles. The second-order valence-corrected chi connectivity index (χ2v) is 6.53. The van der Waals surface area contributed by atoms with E-state index in [2.05, 4.69) is 11.8 Å². The Morgan fingerprint density at radius 3 is 2.43 bits per heavy atom. The highest BCUT2D eigenvalue weighted by molar-refractivity contribution is 5.70. The number of halogens is 1. The van der Waals surface area contributed by atoms with E-state index in [1.807, 2.05) is 20.9 Å². The van der Waals surface area contributed by atoms with Gasteiger partial charge in [0.1, 0.15) is 0 Å². The first-order valence-electron chi connectivity index (χ1n) is 7.87. The number of nitrogens with two attached hydrogens (primary N) is 1. The maximum Gasteiger partial charge on any atom is 0.167 e. The molecule has 21 heavy (non-hydrogen) atoms. The molecule has 0 heterocycles. The molecule has 0 aromatic heterocycles. The minimum Gasteiger partial charge on any atom is -0.488 e. The standard InChI is InChI=1S/C17H27FN2O/c1-11(2)21-17-10-16(15(19)9-14(17)18)20(4)13-7-5-12(3)6-8-13/h9-13H,5-8,19H2,1-4H3. The first-order chi connectivity index (χ1) is 9.88. The number of nitrogen functional groups attached to an aromatic ring is 1. The second kappa shape index (κ2) is 6.54. The molecule has 0 unspecified atom stereocenters. The third-order valence-electron chi connectivity index (χ3n) is 4.36. The van der Waals surface area contributed by atoms with E-state index in [0.29, 0.717) is 11.7 Å². The van der Waals surface area contributed by atoms with Gasteiger partial charge in [0, 0.05) is 25.2 Å². The van der Waals surface area contributed by atoms with E-state index in [1.54, 1.807) is 6.07 Å². The van der Waals surface area contributed by atoms with E-state index in [-0.39, 0.29) is 11.9 Å². The van der Waals surface area contributed by atoms with Crippen LogP contribution in [0, 0.1) is 11.7 Å². The molecule has 118 valence electrons. The van der Waals surface area contributed by atoms with E-state index >= 15 is 0 Å². The summed E-state index contributed by atoms with van der Waals surface area (Å²) >= 11 is 0. The van der Waals surface area contributed by atoms with Gasteiger partial charge in [-0.3, -0.25) is 0 Å². The van der Waals surface area contributed by atoms with Crippen LogP contribution in [0.2, 0.25) is 0 Å². The molecular formula is C17H27FN2O. The van der Waals surface area contributed by atoms with Gasteiger partial charge in [-0.05, 0) is 45.4 Å². The summed E-state index contributed by atoms with van der Waals surface area (Å²) in [4.78, 5) is 2.19. The molecule has 2 N–H and O–H groups in total. The average Bonchev–Trinajstić information content (AvgIpc) is 2.41. The third-order valence-corrected chi connectivity index (χ3v) is 4.36. The maximum atomic E-state index is 13.9. The Morgan fingerprint density at radius 2 is 1.86 bits per heavy atom. The topological polar surface area (TPSA) is 38.5 Å². The van der Waals surface area contributed by atoms with Crippen molar-refractivity contribution in [2.24, 2.45) is 5.92 Å². The number of nitrogens with zero attached hydrogens (tertiary/aromatic N) is 1. The summed E-state index contributed by atoms with van der Waals surface area (Å²) in [7, 11) is 2.05. The number of rotatable bonds is 4. The van der Waals surface area contributed by atoms with Crippen LogP contribution in [0.5, 0.6) is 5.75 Å². The van der Waals surface area contributed by atoms with Crippen molar-refractivity contribution >= 4 is 11.4 Å². The number of anilines is 2. The van der Waals surface area contributed by atoms with E-state index in [1.165, 1.54) is 18.9 Å². The van der Waals surface area contributed by atoms with Gasteiger partial charge in [0.05, 0.1) is 17.5 Å². The summed E-state index contributed by atoms with van der Waals surface area (Å²) in [5.74, 6) is 0.695. The predicted molar refractivity (Wildman–Crippen MR) is 86.4 cm³/mol. The monoisotopic (exact) mass is 294 g/mol. The van der Waals surface area contributed by atoms with E-state index in [9.17, 15) is 4.39 Å². The van der Waals surface area contributed by atoms with Crippen LogP contribution in [-0.2, 0) is 0 Å². The highest BCUT2D eigenvalue weighted by Gasteiger charge is 2.24. The summed E-state index contributed by atoms with van der Waals surface area (Å²) in [6.45, 7) is 6.08. The summed E-state index contributed by atoms with van der Waals surface area (Å²) < 4.78 is 19.5. The molecule has 0 spiro atoms. The summed E-state index contributed by atoms with van der Waals surface area (Å²) in [6, 6.07) is 3.58. The van der Waals surface area contributed by atoms with Crippen LogP contribution >= 0.6 is 0 Å². The van der Waals surface area contributed by atoms with Crippen molar-refractivity contribution in [3.05, 3.63) is 17.9 Å². The molecule has 1 aliphatic rings. The molecule has 1 saturated carbocycles. The lowest BCUT2D eigenvalue weighted by molar-refractivity contribution is 0.231. The third kappa shape index (κ3) is 3.80. The number of benzene rings is 1. The molecule has 4 heteroatoms. The minimum absolute atomic E-state index is 0.0585. The summed E-state index contributed by atoms with van der Waals surface area (Å²) in [5, 5.41) is 0. The van der Waals surface area contributed by atoms with Gasteiger partial charge in [-0.15, -0.1) is 0 Å². The van der Waals surface area contributed by atoms with Gasteiger partial charge in [0.25, 0.3) is 0 Å². The van der Waals surface area contributed by atoms with Gasteiger partial charge < -0.3 is 15.4 Å². The molecule has 0 aliphatic heterocycles. The molecule has 0 bridgehead atoms. The molecule has 1 aromatic carbocycles. The predicted octanol–water partition coefficient (Wildman–Crippen LogP) is 4.21. The van der Waals surface area contributed by atoms with Crippen molar-refractivity contribution in [3.8, 4) is 5.75 Å². The Balaban J connectivity index is 2.21. The van der Waals surface area contributed by atoms with E-state index < -0.39 is 5.82 Å². The fourth-order valence-electron chi connectivity index (χ4n) is 3.03. The zero-order valence-electron chi connectivity index (χ0n) is 13.5. The van der Waals surface area contributed by atoms with Gasteiger partial charge in [-0.1, -0.05) is 6.92 Å². The molecule has 3 nitrogen and oxygen atoms in total. The van der Waals surface area contributed by atoms with Crippen LogP contribution in [0.15, 0.2) is 12.1 Å². The first kappa shape index (κ1) is 15.9. The molecular weight excluding hydrogens is 267 g/mol. The Kier molecular flexibility index (Phi) is 4.96. The fraction of sp³-hybridized carbons (Fsp3) is 0.647. The van der Waals surface area contributed by atoms with Crippen molar-refractivity contribution in [2.45, 2.75) is 58.6 Å². The van der Waals surface area contributed by atoms with Crippen molar-refractivity contribution in [2.75, 3.05) is 17.7 Å². The number of hydrogen-bond donors (Lipinski definition) is 1. The Hall–Kier alpha value is -1.45. The molecule has 0 amide bonds. The lowest BCUT2D eigenvalue weighted by atomic mass is 9.86. The van der Waals surface area contributed by atoms with Crippen LogP contribution < -0.4 is 15.4 Å². The lowest BCUT2D eigenvalue weighted by Crippen LogP contribution is -2.35. The molecule has 1 fully saturated rings. The molecule has 0 radical (unpaired) electrons. The Bertz CT molecular complexity index is 482. The van der Waals surface area contributed by atoms with Crippen molar-refractivity contribution in [1.82, 2.24) is 0 Å². The van der Waals surface area contributed by atoms with Crippen LogP contribution in [0.4, 0.5) is 15.8 Å². The van der Waals surface area contributed by atoms with Gasteiger partial charge >= 0.3 is 0 Å². The highest BCUT2D eigenvalue weighted by Crippen LogP contribution is 2.35. The Morgan fingerprint density at radius 1 is 1.24 bits per heavy atom. The minimum atomic E-state index is -0.393. The quantitative estimate of drug-likeness (QED) is 0.845. The van der Waals surface area contributed by atoms with Crippen molar-refractivity contribution in [1.29, 1.82) is 0 Å². The van der Waals surface area contributed by atoms with Gasteiger partial charge in [0.15, 0.2) is 11.6 Å². The average molecular weight is 294 g/mol.